The highest BCUT2D eigenvalue weighted by molar-refractivity contribution is 5.88. The van der Waals surface area contributed by atoms with Crippen LogP contribution in [0.3, 0.4) is 0 Å². The van der Waals surface area contributed by atoms with Gasteiger partial charge in [-0.15, -0.1) is 0 Å². The molecular weight excluding hydrogens is 373 g/mol. The molecule has 2 heterocycles. The number of alkyl halides is 3. The normalized spacial score (nSPS) is 15.4. The molecule has 1 aromatic carbocycles. The molecule has 3 amide bonds. The second-order valence-electron chi connectivity index (χ2n) is 6.43. The van der Waals surface area contributed by atoms with Gasteiger partial charge >= 0.3 is 12.2 Å². The van der Waals surface area contributed by atoms with Crippen LogP contribution in [0.2, 0.25) is 0 Å². The van der Waals surface area contributed by atoms with Gasteiger partial charge in [0.2, 0.25) is 5.91 Å². The second-order valence-corrected chi connectivity index (χ2v) is 6.43. The highest BCUT2D eigenvalue weighted by Crippen LogP contribution is 2.31. The summed E-state index contributed by atoms with van der Waals surface area (Å²) in [5.74, 6) is 0.226. The Hall–Kier alpha value is -3.10. The zero-order chi connectivity index (χ0) is 20.1. The van der Waals surface area contributed by atoms with Crippen molar-refractivity contribution in [1.29, 1.82) is 0 Å². The first kappa shape index (κ1) is 19.7. The SMILES string of the molecule is O=C(Nc1ccccn1)NC(CN1CCCC1=O)c1cccc(C(F)(F)F)c1. The summed E-state index contributed by atoms with van der Waals surface area (Å²) in [6.45, 7) is 0.605. The van der Waals surface area contributed by atoms with E-state index in [1.165, 1.54) is 18.3 Å². The predicted octanol–water partition coefficient (Wildman–Crippen LogP) is 3.59. The van der Waals surface area contributed by atoms with Gasteiger partial charge in [0, 0.05) is 25.7 Å². The lowest BCUT2D eigenvalue weighted by atomic mass is 10.0. The Morgan fingerprint density at radius 3 is 2.68 bits per heavy atom. The van der Waals surface area contributed by atoms with E-state index in [1.54, 1.807) is 23.1 Å². The van der Waals surface area contributed by atoms with Gasteiger partial charge in [-0.3, -0.25) is 10.1 Å². The van der Waals surface area contributed by atoms with Crippen molar-refractivity contribution in [3.63, 3.8) is 0 Å². The molecule has 28 heavy (non-hydrogen) atoms. The maximum atomic E-state index is 13.1. The largest absolute Gasteiger partial charge is 0.416 e. The number of likely N-dealkylation sites (tertiary alicyclic amines) is 1. The van der Waals surface area contributed by atoms with Crippen LogP contribution in [0.4, 0.5) is 23.8 Å². The number of nitrogens with one attached hydrogen (secondary N) is 2. The minimum atomic E-state index is -4.50. The number of carbonyl (C=O) groups is 2. The summed E-state index contributed by atoms with van der Waals surface area (Å²) in [5, 5.41) is 5.19. The lowest BCUT2D eigenvalue weighted by Crippen LogP contribution is -2.40. The van der Waals surface area contributed by atoms with Crippen LogP contribution in [0.1, 0.15) is 30.0 Å². The fourth-order valence-electron chi connectivity index (χ4n) is 3.03. The molecule has 1 saturated heterocycles. The monoisotopic (exact) mass is 392 g/mol. The third kappa shape index (κ3) is 4.99. The van der Waals surface area contributed by atoms with Crippen LogP contribution in [-0.2, 0) is 11.0 Å². The van der Waals surface area contributed by atoms with Crippen molar-refractivity contribution in [2.24, 2.45) is 0 Å². The number of amides is 3. The molecule has 1 fully saturated rings. The number of carbonyl (C=O) groups excluding carboxylic acids is 2. The van der Waals surface area contributed by atoms with Gasteiger partial charge < -0.3 is 10.2 Å². The van der Waals surface area contributed by atoms with Gasteiger partial charge in [0.05, 0.1) is 11.6 Å². The van der Waals surface area contributed by atoms with Crippen LogP contribution in [0.15, 0.2) is 48.7 Å². The number of benzene rings is 1. The van der Waals surface area contributed by atoms with Crippen molar-refractivity contribution < 1.29 is 22.8 Å². The maximum Gasteiger partial charge on any atom is 0.416 e. The van der Waals surface area contributed by atoms with Crippen LogP contribution in [0.5, 0.6) is 0 Å². The van der Waals surface area contributed by atoms with Crippen molar-refractivity contribution in [3.8, 4) is 0 Å². The maximum absolute atomic E-state index is 13.1. The number of urea groups is 1. The Balaban J connectivity index is 1.80. The number of aromatic nitrogens is 1. The number of anilines is 1. The fourth-order valence-corrected chi connectivity index (χ4v) is 3.03. The molecule has 1 aliphatic rings. The summed E-state index contributed by atoms with van der Waals surface area (Å²) >= 11 is 0. The Bertz CT molecular complexity index is 843. The van der Waals surface area contributed by atoms with E-state index in [4.69, 9.17) is 0 Å². The summed E-state index contributed by atoms with van der Waals surface area (Å²) in [6.07, 6.45) is -1.91. The van der Waals surface area contributed by atoms with Crippen molar-refractivity contribution in [1.82, 2.24) is 15.2 Å². The molecule has 6 nitrogen and oxygen atoms in total. The molecular formula is C19H19F3N4O2. The van der Waals surface area contributed by atoms with Gasteiger partial charge in [-0.25, -0.2) is 9.78 Å². The number of halogens is 3. The van der Waals surface area contributed by atoms with Crippen LogP contribution in [-0.4, -0.2) is 34.9 Å². The smallest absolute Gasteiger partial charge is 0.340 e. The highest BCUT2D eigenvalue weighted by atomic mass is 19.4. The number of hydrogen-bond donors (Lipinski definition) is 2. The average Bonchev–Trinajstić information content (AvgIpc) is 3.06. The molecule has 0 spiro atoms. The summed E-state index contributed by atoms with van der Waals surface area (Å²) in [5.41, 5.74) is -0.541. The van der Waals surface area contributed by atoms with E-state index < -0.39 is 23.8 Å². The molecule has 9 heteroatoms. The lowest BCUT2D eigenvalue weighted by molar-refractivity contribution is -0.137. The first-order chi connectivity index (χ1) is 13.3. The van der Waals surface area contributed by atoms with Gasteiger partial charge in [0.15, 0.2) is 0 Å². The van der Waals surface area contributed by atoms with E-state index in [1.807, 2.05) is 0 Å². The van der Waals surface area contributed by atoms with Crippen molar-refractivity contribution >= 4 is 17.8 Å². The summed E-state index contributed by atoms with van der Waals surface area (Å²) in [6, 6.07) is 8.30. The van der Waals surface area contributed by atoms with E-state index in [2.05, 4.69) is 15.6 Å². The quantitative estimate of drug-likeness (QED) is 0.817. The molecule has 0 radical (unpaired) electrons. The van der Waals surface area contributed by atoms with Crippen molar-refractivity contribution in [2.45, 2.75) is 25.1 Å². The molecule has 1 aliphatic heterocycles. The number of nitrogens with zero attached hydrogens (tertiary/aromatic N) is 2. The zero-order valence-corrected chi connectivity index (χ0v) is 14.9. The minimum absolute atomic E-state index is 0.0797. The van der Waals surface area contributed by atoms with Crippen LogP contribution in [0.25, 0.3) is 0 Å². The van der Waals surface area contributed by atoms with E-state index >= 15 is 0 Å². The molecule has 0 saturated carbocycles. The average molecular weight is 392 g/mol. The van der Waals surface area contributed by atoms with Gasteiger partial charge in [-0.05, 0) is 36.2 Å². The molecule has 1 aromatic heterocycles. The van der Waals surface area contributed by atoms with E-state index in [0.717, 1.165) is 12.1 Å². The highest BCUT2D eigenvalue weighted by Gasteiger charge is 2.32. The predicted molar refractivity (Wildman–Crippen MR) is 96.4 cm³/mol. The standard InChI is InChI=1S/C19H19F3N4O2/c20-19(21,22)14-6-3-5-13(11-14)15(12-26-10-4-8-17(26)27)24-18(28)25-16-7-1-2-9-23-16/h1-3,5-7,9,11,15H,4,8,10,12H2,(H2,23,24,25,28). The minimum Gasteiger partial charge on any atom is -0.340 e. The molecule has 2 N–H and O–H groups in total. The van der Waals surface area contributed by atoms with Crippen molar-refractivity contribution in [2.75, 3.05) is 18.4 Å². The number of hydrogen-bond acceptors (Lipinski definition) is 3. The van der Waals surface area contributed by atoms with Gasteiger partial charge in [-0.2, -0.15) is 13.2 Å². The number of rotatable bonds is 5. The molecule has 2 aromatic rings. The van der Waals surface area contributed by atoms with Gasteiger partial charge in [0.1, 0.15) is 5.82 Å². The Morgan fingerprint density at radius 2 is 2.04 bits per heavy atom. The Labute approximate surface area is 159 Å². The fraction of sp³-hybridized carbons (Fsp3) is 0.316. The third-order valence-corrected chi connectivity index (χ3v) is 4.40. The van der Waals surface area contributed by atoms with E-state index in [0.29, 0.717) is 25.2 Å². The van der Waals surface area contributed by atoms with Gasteiger partial charge in [-0.1, -0.05) is 18.2 Å². The number of pyridine rings is 1. The first-order valence-electron chi connectivity index (χ1n) is 8.76. The second kappa shape index (κ2) is 8.28. The molecule has 0 aliphatic carbocycles. The third-order valence-electron chi connectivity index (χ3n) is 4.40. The van der Waals surface area contributed by atoms with E-state index in [-0.39, 0.29) is 18.0 Å². The summed E-state index contributed by atoms with van der Waals surface area (Å²) in [7, 11) is 0. The molecule has 1 unspecified atom stereocenters. The molecule has 0 bridgehead atoms. The van der Waals surface area contributed by atoms with Crippen molar-refractivity contribution in [3.05, 3.63) is 59.8 Å². The first-order valence-corrected chi connectivity index (χ1v) is 8.76. The summed E-state index contributed by atoms with van der Waals surface area (Å²) in [4.78, 5) is 29.8. The molecule has 3 rings (SSSR count). The summed E-state index contributed by atoms with van der Waals surface area (Å²) < 4.78 is 39.2. The lowest BCUT2D eigenvalue weighted by Gasteiger charge is -2.25. The Morgan fingerprint density at radius 1 is 1.21 bits per heavy atom. The van der Waals surface area contributed by atoms with E-state index in [9.17, 15) is 22.8 Å². The Kier molecular flexibility index (Phi) is 5.81. The zero-order valence-electron chi connectivity index (χ0n) is 14.9. The molecule has 1 atom stereocenters. The van der Waals surface area contributed by atoms with Crippen LogP contribution < -0.4 is 10.6 Å². The van der Waals surface area contributed by atoms with Crippen LogP contribution in [0, 0.1) is 0 Å². The van der Waals surface area contributed by atoms with Crippen LogP contribution >= 0.6 is 0 Å². The van der Waals surface area contributed by atoms with Gasteiger partial charge in [0.25, 0.3) is 0 Å². The topological polar surface area (TPSA) is 74.3 Å². The molecule has 148 valence electrons.